The van der Waals surface area contributed by atoms with Gasteiger partial charge in [-0.3, -0.25) is 19.6 Å². The minimum atomic E-state index is -0.420. The third kappa shape index (κ3) is 4.76. The zero-order chi connectivity index (χ0) is 20.9. The van der Waals surface area contributed by atoms with Crippen LogP contribution in [0.3, 0.4) is 0 Å². The number of carbonyl (C=O) groups excluding carboxylic acids is 2. The summed E-state index contributed by atoms with van der Waals surface area (Å²) in [7, 11) is 0. The van der Waals surface area contributed by atoms with Crippen LogP contribution in [0, 0.1) is 11.3 Å². The van der Waals surface area contributed by atoms with E-state index >= 15 is 0 Å². The van der Waals surface area contributed by atoms with Gasteiger partial charge in [-0.05, 0) is 36.6 Å². The molecule has 1 N–H and O–H groups in total. The van der Waals surface area contributed by atoms with Crippen molar-refractivity contribution in [3.63, 3.8) is 0 Å². The van der Waals surface area contributed by atoms with Crippen molar-refractivity contribution in [2.24, 2.45) is 10.9 Å². The van der Waals surface area contributed by atoms with Crippen LogP contribution in [0.2, 0.25) is 0 Å². The second-order valence-electron chi connectivity index (χ2n) is 7.43. The number of nitrogens with one attached hydrogen (secondary N) is 1. The van der Waals surface area contributed by atoms with Crippen LogP contribution < -0.4 is 0 Å². The van der Waals surface area contributed by atoms with Crippen molar-refractivity contribution in [3.8, 4) is 0 Å². The van der Waals surface area contributed by atoms with Gasteiger partial charge in [0, 0.05) is 44.4 Å². The topological polar surface area (TPSA) is 106 Å². The van der Waals surface area contributed by atoms with Gasteiger partial charge in [0.15, 0.2) is 11.6 Å². The van der Waals surface area contributed by atoms with Gasteiger partial charge in [0.1, 0.15) is 11.8 Å². The predicted molar refractivity (Wildman–Crippen MR) is 114 cm³/mol. The number of furan rings is 1. The molecule has 2 aromatic heterocycles. The lowest BCUT2D eigenvalue weighted by molar-refractivity contribution is -0.125. The maximum absolute atomic E-state index is 13.2. The van der Waals surface area contributed by atoms with E-state index in [1.807, 2.05) is 12.1 Å². The van der Waals surface area contributed by atoms with Crippen LogP contribution in [-0.2, 0) is 20.7 Å². The van der Waals surface area contributed by atoms with Gasteiger partial charge in [0.25, 0.3) is 0 Å². The standard InChI is InChI=1S/C22H23N3O4S/c23-16(17(26)11-14-3-1-7-24-13-14)12-19-25-20(18-4-2-8-29-18)22(30-19)21(27)15-5-9-28-10-6-15/h1-4,7-8,13,15,20,22-23H,5-6,9-12H2. The molecule has 2 aliphatic heterocycles. The Morgan fingerprint density at radius 2 is 2.00 bits per heavy atom. The van der Waals surface area contributed by atoms with E-state index in [1.165, 1.54) is 11.8 Å². The number of pyridine rings is 1. The minimum Gasteiger partial charge on any atom is -0.467 e. The number of aliphatic imine (C=N–C) groups is 1. The second-order valence-corrected chi connectivity index (χ2v) is 8.64. The third-order valence-electron chi connectivity index (χ3n) is 5.32. The number of Topliss-reactive ketones (excluding diaryl/α,β-unsaturated/α-hetero) is 2. The van der Waals surface area contributed by atoms with Crippen molar-refractivity contribution >= 4 is 34.1 Å². The van der Waals surface area contributed by atoms with E-state index in [0.29, 0.717) is 24.0 Å². The lowest BCUT2D eigenvalue weighted by atomic mass is 9.90. The molecule has 2 atom stereocenters. The van der Waals surface area contributed by atoms with Gasteiger partial charge >= 0.3 is 0 Å². The van der Waals surface area contributed by atoms with E-state index in [0.717, 1.165) is 18.4 Å². The van der Waals surface area contributed by atoms with Crippen LogP contribution in [0.15, 0.2) is 52.3 Å². The van der Waals surface area contributed by atoms with E-state index in [-0.39, 0.29) is 36.0 Å². The first-order valence-electron chi connectivity index (χ1n) is 9.99. The van der Waals surface area contributed by atoms with E-state index in [9.17, 15) is 9.59 Å². The van der Waals surface area contributed by atoms with Crippen molar-refractivity contribution in [2.75, 3.05) is 13.2 Å². The predicted octanol–water partition coefficient (Wildman–Crippen LogP) is 3.45. The fraction of sp³-hybridized carbons (Fsp3) is 0.409. The summed E-state index contributed by atoms with van der Waals surface area (Å²) in [5.74, 6) is 0.475. The quantitative estimate of drug-likeness (QED) is 0.650. The lowest BCUT2D eigenvalue weighted by Gasteiger charge is -2.24. The Balaban J connectivity index is 1.45. The molecule has 156 valence electrons. The van der Waals surface area contributed by atoms with Gasteiger partial charge in [-0.15, -0.1) is 0 Å². The number of ketones is 2. The summed E-state index contributed by atoms with van der Waals surface area (Å²) in [5, 5.41) is 8.47. The highest BCUT2D eigenvalue weighted by molar-refractivity contribution is 8.15. The molecule has 0 aliphatic carbocycles. The molecule has 2 aliphatic rings. The molecule has 0 amide bonds. The average Bonchev–Trinajstić information content (AvgIpc) is 3.44. The van der Waals surface area contributed by atoms with Crippen LogP contribution in [0.5, 0.6) is 0 Å². The highest BCUT2D eigenvalue weighted by atomic mass is 32.2. The summed E-state index contributed by atoms with van der Waals surface area (Å²) in [4.78, 5) is 34.3. The Kier molecular flexibility index (Phi) is 6.54. The highest BCUT2D eigenvalue weighted by Crippen LogP contribution is 2.41. The molecule has 7 nitrogen and oxygen atoms in total. The summed E-state index contributed by atoms with van der Waals surface area (Å²) >= 11 is 1.37. The molecule has 4 rings (SSSR count). The van der Waals surface area contributed by atoms with Gasteiger partial charge in [-0.2, -0.15) is 0 Å². The Bertz CT molecular complexity index is 937. The molecule has 2 unspecified atom stereocenters. The molecule has 4 heterocycles. The summed E-state index contributed by atoms with van der Waals surface area (Å²) in [6.07, 6.45) is 6.54. The van der Waals surface area contributed by atoms with Crippen molar-refractivity contribution in [1.82, 2.24) is 4.98 Å². The number of thioether (sulfide) groups is 1. The smallest absolute Gasteiger partial charge is 0.181 e. The molecular formula is C22H23N3O4S. The van der Waals surface area contributed by atoms with Crippen molar-refractivity contribution in [2.45, 2.75) is 37.0 Å². The summed E-state index contributed by atoms with van der Waals surface area (Å²) in [6, 6.07) is 6.76. The van der Waals surface area contributed by atoms with E-state index in [1.54, 1.807) is 30.8 Å². The highest BCUT2D eigenvalue weighted by Gasteiger charge is 2.41. The van der Waals surface area contributed by atoms with Crippen LogP contribution >= 0.6 is 11.8 Å². The number of hydrogen-bond acceptors (Lipinski definition) is 8. The first-order chi connectivity index (χ1) is 14.6. The van der Waals surface area contributed by atoms with Gasteiger partial charge in [0.05, 0.1) is 22.3 Å². The average molecular weight is 426 g/mol. The zero-order valence-corrected chi connectivity index (χ0v) is 17.3. The van der Waals surface area contributed by atoms with Crippen LogP contribution in [0.4, 0.5) is 0 Å². The number of rotatable bonds is 8. The molecule has 1 saturated heterocycles. The number of carbonyl (C=O) groups is 2. The van der Waals surface area contributed by atoms with E-state index < -0.39 is 11.3 Å². The van der Waals surface area contributed by atoms with Crippen molar-refractivity contribution in [1.29, 1.82) is 5.41 Å². The van der Waals surface area contributed by atoms with Gasteiger partial charge in [-0.1, -0.05) is 17.8 Å². The largest absolute Gasteiger partial charge is 0.467 e. The van der Waals surface area contributed by atoms with Crippen LogP contribution in [0.25, 0.3) is 0 Å². The number of ether oxygens (including phenoxy) is 1. The first kappa shape index (κ1) is 20.7. The second kappa shape index (κ2) is 9.49. The molecule has 2 aromatic rings. The first-order valence-corrected chi connectivity index (χ1v) is 10.9. The molecule has 0 radical (unpaired) electrons. The maximum atomic E-state index is 13.2. The van der Waals surface area contributed by atoms with Gasteiger partial charge in [-0.25, -0.2) is 0 Å². The normalized spacial score (nSPS) is 21.9. The maximum Gasteiger partial charge on any atom is 0.181 e. The minimum absolute atomic E-state index is 0.0116. The zero-order valence-electron chi connectivity index (χ0n) is 16.5. The van der Waals surface area contributed by atoms with Crippen LogP contribution in [-0.4, -0.2) is 45.8 Å². The fourth-order valence-electron chi connectivity index (χ4n) is 3.70. The number of hydrogen-bond donors (Lipinski definition) is 1. The summed E-state index contributed by atoms with van der Waals surface area (Å²) in [5.41, 5.74) is 0.761. The molecule has 0 saturated carbocycles. The fourth-order valence-corrected chi connectivity index (χ4v) is 5.02. The van der Waals surface area contributed by atoms with Gasteiger partial charge < -0.3 is 14.6 Å². The number of nitrogens with zero attached hydrogens (tertiary/aromatic N) is 2. The molecule has 30 heavy (non-hydrogen) atoms. The van der Waals surface area contributed by atoms with Gasteiger partial charge in [0.2, 0.25) is 0 Å². The monoisotopic (exact) mass is 425 g/mol. The third-order valence-corrected chi connectivity index (χ3v) is 6.59. The Hall–Kier alpha value is -2.58. The summed E-state index contributed by atoms with van der Waals surface area (Å²) in [6.45, 7) is 1.20. The van der Waals surface area contributed by atoms with Crippen molar-refractivity contribution in [3.05, 3.63) is 54.2 Å². The Labute approximate surface area is 178 Å². The molecule has 8 heteroatoms. The lowest BCUT2D eigenvalue weighted by Crippen LogP contribution is -2.32. The summed E-state index contributed by atoms with van der Waals surface area (Å²) < 4.78 is 10.9. The molecule has 0 spiro atoms. The molecule has 0 bridgehead atoms. The van der Waals surface area contributed by atoms with Crippen molar-refractivity contribution < 1.29 is 18.7 Å². The SMILES string of the molecule is N=C(CC1=NC(c2ccco2)C(C(=O)C2CCOCC2)S1)C(=O)Cc1cccnc1. The molecular weight excluding hydrogens is 402 g/mol. The molecule has 1 fully saturated rings. The molecule has 0 aromatic carbocycles. The number of aromatic nitrogens is 1. The Morgan fingerprint density at radius 3 is 2.70 bits per heavy atom. The van der Waals surface area contributed by atoms with Crippen LogP contribution in [0.1, 0.15) is 36.6 Å². The van der Waals surface area contributed by atoms with E-state index in [4.69, 9.17) is 14.6 Å². The van der Waals surface area contributed by atoms with E-state index in [2.05, 4.69) is 9.98 Å². The Morgan fingerprint density at radius 1 is 1.17 bits per heavy atom.